The van der Waals surface area contributed by atoms with Crippen molar-refractivity contribution < 1.29 is 9.59 Å². The molecule has 0 unspecified atom stereocenters. The maximum absolute atomic E-state index is 12.3. The van der Waals surface area contributed by atoms with Gasteiger partial charge in [0.2, 0.25) is 11.8 Å². The Bertz CT molecular complexity index is 775. The number of hydrogen-bond donors (Lipinski definition) is 2. The summed E-state index contributed by atoms with van der Waals surface area (Å²) >= 11 is 1.49. The number of carbonyl (C=O) groups is 2. The summed E-state index contributed by atoms with van der Waals surface area (Å²) in [5.41, 5.74) is 1.24. The Morgan fingerprint density at radius 1 is 1.38 bits per heavy atom. The summed E-state index contributed by atoms with van der Waals surface area (Å²) in [6.45, 7) is 4.74. The van der Waals surface area contributed by atoms with Crippen LogP contribution in [0.4, 0.5) is 0 Å². The Kier molecular flexibility index (Phi) is 5.61. The average molecular weight is 373 g/mol. The number of nitrogens with zero attached hydrogens (tertiary/aromatic N) is 3. The highest BCUT2D eigenvalue weighted by molar-refractivity contribution is 8.01. The first-order chi connectivity index (χ1) is 12.5. The summed E-state index contributed by atoms with van der Waals surface area (Å²) in [7, 11) is 0. The number of nitrogens with one attached hydrogen (secondary N) is 2. The highest BCUT2D eigenvalue weighted by Crippen LogP contribution is 2.28. The molecule has 2 N–H and O–H groups in total. The molecule has 1 aliphatic heterocycles. The molecule has 0 spiro atoms. The van der Waals surface area contributed by atoms with Gasteiger partial charge in [-0.3, -0.25) is 9.59 Å². The molecule has 26 heavy (non-hydrogen) atoms. The number of aryl methyl sites for hydroxylation is 2. The molecule has 2 amide bonds. The fourth-order valence-corrected chi connectivity index (χ4v) is 3.67. The van der Waals surface area contributed by atoms with Crippen LogP contribution in [-0.4, -0.2) is 43.1 Å². The van der Waals surface area contributed by atoms with Gasteiger partial charge in [0.25, 0.3) is 0 Å². The molecule has 2 aromatic rings. The third-order valence-electron chi connectivity index (χ3n) is 4.38. The van der Waals surface area contributed by atoms with Crippen molar-refractivity contribution in [2.24, 2.45) is 0 Å². The lowest BCUT2D eigenvalue weighted by atomic mass is 10.1. The van der Waals surface area contributed by atoms with E-state index in [9.17, 15) is 9.59 Å². The summed E-state index contributed by atoms with van der Waals surface area (Å²) in [5, 5.41) is 13.7. The zero-order valence-corrected chi connectivity index (χ0v) is 15.8. The Morgan fingerprint density at radius 3 is 2.88 bits per heavy atom. The highest BCUT2D eigenvalue weighted by Gasteiger charge is 2.37. The number of rotatable bonds is 6. The van der Waals surface area contributed by atoms with Crippen LogP contribution in [0.3, 0.4) is 0 Å². The number of thioether (sulfide) groups is 1. The molecule has 1 aromatic heterocycles. The van der Waals surface area contributed by atoms with Gasteiger partial charge < -0.3 is 15.2 Å². The van der Waals surface area contributed by atoms with Crippen LogP contribution in [0.2, 0.25) is 0 Å². The molecule has 0 aliphatic carbocycles. The van der Waals surface area contributed by atoms with Crippen molar-refractivity contribution in [1.82, 2.24) is 25.4 Å². The zero-order chi connectivity index (χ0) is 18.6. The third kappa shape index (κ3) is 4.43. The van der Waals surface area contributed by atoms with E-state index in [0.717, 1.165) is 13.0 Å². The quantitative estimate of drug-likeness (QED) is 0.793. The van der Waals surface area contributed by atoms with Gasteiger partial charge in [-0.2, -0.15) is 0 Å². The van der Waals surface area contributed by atoms with E-state index in [4.69, 9.17) is 0 Å². The number of hydrogen-bond acceptors (Lipinski definition) is 5. The first-order valence-electron chi connectivity index (χ1n) is 8.59. The molecule has 8 heteroatoms. The van der Waals surface area contributed by atoms with Gasteiger partial charge in [0.15, 0.2) is 5.82 Å². The highest BCUT2D eigenvalue weighted by atomic mass is 32.2. The van der Waals surface area contributed by atoms with Crippen LogP contribution in [0, 0.1) is 0 Å². The smallest absolute Gasteiger partial charge is 0.243 e. The summed E-state index contributed by atoms with van der Waals surface area (Å²) in [4.78, 5) is 24.3. The van der Waals surface area contributed by atoms with Gasteiger partial charge in [0.1, 0.15) is 12.4 Å². The molecule has 0 saturated carbocycles. The van der Waals surface area contributed by atoms with E-state index in [1.807, 2.05) is 36.6 Å². The van der Waals surface area contributed by atoms with E-state index >= 15 is 0 Å². The molecule has 0 bridgehead atoms. The topological polar surface area (TPSA) is 88.9 Å². The summed E-state index contributed by atoms with van der Waals surface area (Å²) in [5.74, 6) is 0.953. The van der Waals surface area contributed by atoms with Crippen LogP contribution >= 0.6 is 11.8 Å². The number of carbonyl (C=O) groups excluding carboxylic acids is 2. The maximum atomic E-state index is 12.3. The second-order valence-corrected chi connectivity index (χ2v) is 8.38. The molecule has 138 valence electrons. The molecule has 1 saturated heterocycles. The molecular weight excluding hydrogens is 350 g/mol. The predicted octanol–water partition coefficient (Wildman–Crippen LogP) is 1.15. The van der Waals surface area contributed by atoms with Crippen molar-refractivity contribution in [3.05, 3.63) is 48.0 Å². The number of benzene rings is 1. The van der Waals surface area contributed by atoms with E-state index in [-0.39, 0.29) is 18.4 Å². The van der Waals surface area contributed by atoms with Crippen molar-refractivity contribution in [1.29, 1.82) is 0 Å². The van der Waals surface area contributed by atoms with Gasteiger partial charge in [0.05, 0.1) is 11.3 Å². The molecular formula is C18H23N5O2S. The van der Waals surface area contributed by atoms with Crippen molar-refractivity contribution in [2.45, 2.75) is 44.1 Å². The van der Waals surface area contributed by atoms with Crippen LogP contribution in [0.5, 0.6) is 0 Å². The minimum Gasteiger partial charge on any atom is -0.347 e. The minimum absolute atomic E-state index is 0.111. The first kappa shape index (κ1) is 18.4. The lowest BCUT2D eigenvalue weighted by Crippen LogP contribution is -2.57. The summed E-state index contributed by atoms with van der Waals surface area (Å²) in [6, 6.07) is 9.67. The number of aromatic nitrogens is 3. The second-order valence-electron chi connectivity index (χ2n) is 6.74. The predicted molar refractivity (Wildman–Crippen MR) is 100 cm³/mol. The fraction of sp³-hybridized carbons (Fsp3) is 0.444. The van der Waals surface area contributed by atoms with Crippen LogP contribution in [0.15, 0.2) is 36.7 Å². The zero-order valence-electron chi connectivity index (χ0n) is 14.9. The normalized spacial score (nSPS) is 19.0. The van der Waals surface area contributed by atoms with Crippen LogP contribution in [-0.2, 0) is 29.1 Å². The Hall–Kier alpha value is -2.35. The van der Waals surface area contributed by atoms with Crippen LogP contribution in [0.1, 0.15) is 25.2 Å². The molecule has 1 aromatic carbocycles. The fourth-order valence-electron chi connectivity index (χ4n) is 2.66. The summed E-state index contributed by atoms with van der Waals surface area (Å²) in [6.07, 6.45) is 2.54. The van der Waals surface area contributed by atoms with Crippen molar-refractivity contribution in [3.8, 4) is 0 Å². The number of amides is 2. The minimum atomic E-state index is -0.513. The van der Waals surface area contributed by atoms with Gasteiger partial charge in [-0.1, -0.05) is 30.3 Å². The maximum Gasteiger partial charge on any atom is 0.243 e. The van der Waals surface area contributed by atoms with Crippen LogP contribution in [0.25, 0.3) is 0 Å². The Morgan fingerprint density at radius 2 is 2.15 bits per heavy atom. The largest absolute Gasteiger partial charge is 0.347 e. The molecule has 0 radical (unpaired) electrons. The third-order valence-corrected chi connectivity index (χ3v) is 5.79. The van der Waals surface area contributed by atoms with E-state index in [1.54, 1.807) is 6.33 Å². The lowest BCUT2D eigenvalue weighted by molar-refractivity contribution is -0.129. The average Bonchev–Trinajstić information content (AvgIpc) is 3.08. The molecule has 2 heterocycles. The lowest BCUT2D eigenvalue weighted by Gasteiger charge is -2.32. The van der Waals surface area contributed by atoms with Crippen molar-refractivity contribution in [2.75, 3.05) is 5.75 Å². The van der Waals surface area contributed by atoms with Crippen molar-refractivity contribution >= 4 is 23.6 Å². The van der Waals surface area contributed by atoms with E-state index in [1.165, 1.54) is 17.3 Å². The molecule has 7 nitrogen and oxygen atoms in total. The standard InChI is InChI=1S/C18H23N5O2S/c1-18(2)17(25)21-14(11-26-18)16(24)19-10-15-22-20-12-23(15)9-8-13-6-4-3-5-7-13/h3-7,12,14H,8-11H2,1-2H3,(H,19,24)(H,21,25)/t14-/m1/s1. The van der Waals surface area contributed by atoms with Gasteiger partial charge in [-0.05, 0) is 25.8 Å². The SMILES string of the molecule is CC1(C)SC[C@H](C(=O)NCc2nncn2CCc2ccccc2)NC1=O. The first-order valence-corrected chi connectivity index (χ1v) is 9.57. The van der Waals surface area contributed by atoms with E-state index < -0.39 is 10.8 Å². The van der Waals surface area contributed by atoms with E-state index in [2.05, 4.69) is 33.0 Å². The summed E-state index contributed by atoms with van der Waals surface area (Å²) < 4.78 is 1.44. The Balaban J connectivity index is 1.52. The van der Waals surface area contributed by atoms with Crippen LogP contribution < -0.4 is 10.6 Å². The van der Waals surface area contributed by atoms with Crippen molar-refractivity contribution in [3.63, 3.8) is 0 Å². The second kappa shape index (κ2) is 7.90. The van der Waals surface area contributed by atoms with Gasteiger partial charge >= 0.3 is 0 Å². The molecule has 1 fully saturated rings. The van der Waals surface area contributed by atoms with Gasteiger partial charge in [0, 0.05) is 12.3 Å². The molecule has 3 rings (SSSR count). The molecule has 1 aliphatic rings. The van der Waals surface area contributed by atoms with Gasteiger partial charge in [-0.25, -0.2) is 0 Å². The molecule has 1 atom stereocenters. The van der Waals surface area contributed by atoms with E-state index in [0.29, 0.717) is 11.6 Å². The Labute approximate surface area is 157 Å². The van der Waals surface area contributed by atoms with Gasteiger partial charge in [-0.15, -0.1) is 22.0 Å². The monoisotopic (exact) mass is 373 g/mol.